The fourth-order valence-corrected chi connectivity index (χ4v) is 3.02. The summed E-state index contributed by atoms with van der Waals surface area (Å²) < 4.78 is 31.8. The van der Waals surface area contributed by atoms with Crippen LogP contribution in [0.3, 0.4) is 0 Å². The molecule has 0 aliphatic rings. The van der Waals surface area contributed by atoms with Crippen molar-refractivity contribution in [2.75, 3.05) is 20.3 Å². The monoisotopic (exact) mass is 317 g/mol. The third-order valence-electron chi connectivity index (χ3n) is 2.83. The van der Waals surface area contributed by atoms with Crippen molar-refractivity contribution in [3.8, 4) is 5.75 Å². The number of methoxy groups -OCH3 is 1. The molecule has 1 unspecified atom stereocenters. The molecular weight excluding hydrogens is 298 g/mol. The lowest BCUT2D eigenvalue weighted by Gasteiger charge is -2.13. The summed E-state index contributed by atoms with van der Waals surface area (Å²) in [6.45, 7) is 1.61. The van der Waals surface area contributed by atoms with Gasteiger partial charge >= 0.3 is 5.97 Å². The number of carboxylic acid groups (broad SMARTS) is 1. The van der Waals surface area contributed by atoms with E-state index in [1.54, 1.807) is 6.92 Å². The number of aliphatic carboxylic acids is 1. The maximum absolute atomic E-state index is 12.2. The van der Waals surface area contributed by atoms with Crippen LogP contribution in [0.4, 0.5) is 0 Å². The van der Waals surface area contributed by atoms with Crippen molar-refractivity contribution in [2.24, 2.45) is 5.92 Å². The van der Waals surface area contributed by atoms with Gasteiger partial charge in [0.1, 0.15) is 5.75 Å². The van der Waals surface area contributed by atoms with Gasteiger partial charge in [-0.05, 0) is 29.7 Å². The molecule has 0 fully saturated rings. The molecule has 0 heterocycles. The van der Waals surface area contributed by atoms with Crippen LogP contribution >= 0.6 is 0 Å². The zero-order valence-corrected chi connectivity index (χ0v) is 12.7. The number of rotatable bonds is 8. The molecule has 1 aromatic rings. The predicted octanol–water partition coefficient (Wildman–Crippen LogP) is 0.229. The van der Waals surface area contributed by atoms with Crippen molar-refractivity contribution in [1.82, 2.24) is 4.72 Å². The second-order valence-corrected chi connectivity index (χ2v) is 6.42. The van der Waals surface area contributed by atoms with Crippen molar-refractivity contribution >= 4 is 16.0 Å². The third-order valence-corrected chi connectivity index (χ3v) is 4.36. The van der Waals surface area contributed by atoms with Crippen LogP contribution in [-0.4, -0.2) is 44.9 Å². The van der Waals surface area contributed by atoms with Crippen molar-refractivity contribution in [3.63, 3.8) is 0 Å². The van der Waals surface area contributed by atoms with E-state index in [1.807, 2.05) is 0 Å². The molecule has 0 saturated heterocycles. The maximum atomic E-state index is 12.2. The Kier molecular flexibility index (Phi) is 6.13. The van der Waals surface area contributed by atoms with Gasteiger partial charge in [-0.2, -0.15) is 0 Å². The zero-order chi connectivity index (χ0) is 16.0. The molecule has 21 heavy (non-hydrogen) atoms. The molecule has 0 amide bonds. The molecule has 8 heteroatoms. The van der Waals surface area contributed by atoms with Crippen molar-refractivity contribution in [3.05, 3.63) is 23.8 Å². The van der Waals surface area contributed by atoms with E-state index in [0.29, 0.717) is 5.75 Å². The van der Waals surface area contributed by atoms with Crippen molar-refractivity contribution in [2.45, 2.75) is 18.2 Å². The smallest absolute Gasteiger partial charge is 0.307 e. The maximum Gasteiger partial charge on any atom is 0.307 e. The van der Waals surface area contributed by atoms with Gasteiger partial charge in [0, 0.05) is 13.2 Å². The average Bonchev–Trinajstić information content (AvgIpc) is 2.43. The third kappa shape index (κ3) is 5.00. The summed E-state index contributed by atoms with van der Waals surface area (Å²) in [5, 5.41) is 17.8. The summed E-state index contributed by atoms with van der Waals surface area (Å²) in [7, 11) is -2.43. The van der Waals surface area contributed by atoms with E-state index in [0.717, 1.165) is 0 Å². The minimum absolute atomic E-state index is 0.0668. The van der Waals surface area contributed by atoms with Crippen LogP contribution in [0.2, 0.25) is 0 Å². The molecule has 7 nitrogen and oxygen atoms in total. The first kappa shape index (κ1) is 17.4. The number of aliphatic hydroxyl groups is 1. The number of benzene rings is 1. The Labute approximate surface area is 123 Å². The Morgan fingerprint density at radius 2 is 2.10 bits per heavy atom. The molecular formula is C13H19NO6S. The summed E-state index contributed by atoms with van der Waals surface area (Å²) in [5.41, 5.74) is 0.144. The number of hydrogen-bond acceptors (Lipinski definition) is 5. The van der Waals surface area contributed by atoms with Gasteiger partial charge in [-0.25, -0.2) is 13.1 Å². The van der Waals surface area contributed by atoms with Gasteiger partial charge < -0.3 is 14.9 Å². The van der Waals surface area contributed by atoms with Gasteiger partial charge in [0.05, 0.1) is 18.4 Å². The molecule has 0 aromatic heterocycles. The fourth-order valence-electron chi connectivity index (χ4n) is 1.64. The molecule has 0 saturated carbocycles. The second-order valence-electron chi connectivity index (χ2n) is 4.68. The Hall–Kier alpha value is -1.64. The highest BCUT2D eigenvalue weighted by Gasteiger charge is 2.21. The first-order chi connectivity index (χ1) is 9.80. The Balaban J connectivity index is 3.12. The number of nitrogens with one attached hydrogen (secondary N) is 1. The van der Waals surface area contributed by atoms with E-state index in [2.05, 4.69) is 4.72 Å². The molecule has 118 valence electrons. The summed E-state index contributed by atoms with van der Waals surface area (Å²) in [6.07, 6.45) is -0.428. The van der Waals surface area contributed by atoms with Crippen LogP contribution in [0, 0.1) is 5.92 Å². The highest BCUT2D eigenvalue weighted by Crippen LogP contribution is 2.22. The average molecular weight is 317 g/mol. The predicted molar refractivity (Wildman–Crippen MR) is 75.8 cm³/mol. The quantitative estimate of drug-likeness (QED) is 0.632. The summed E-state index contributed by atoms with van der Waals surface area (Å²) >= 11 is 0. The van der Waals surface area contributed by atoms with E-state index < -0.39 is 22.4 Å². The number of carboxylic acids is 1. The van der Waals surface area contributed by atoms with E-state index in [-0.39, 0.29) is 29.5 Å². The van der Waals surface area contributed by atoms with Gasteiger partial charge in [-0.15, -0.1) is 0 Å². The first-order valence-corrected chi connectivity index (χ1v) is 7.77. The van der Waals surface area contributed by atoms with Crippen molar-refractivity contribution < 1.29 is 28.2 Å². The van der Waals surface area contributed by atoms with Crippen LogP contribution in [0.15, 0.2) is 23.1 Å². The van der Waals surface area contributed by atoms with Crippen LogP contribution in [-0.2, 0) is 21.2 Å². The topological polar surface area (TPSA) is 113 Å². The number of ether oxygens (including phenoxy) is 1. The van der Waals surface area contributed by atoms with Crippen LogP contribution < -0.4 is 9.46 Å². The van der Waals surface area contributed by atoms with Crippen LogP contribution in [0.1, 0.15) is 12.5 Å². The van der Waals surface area contributed by atoms with Gasteiger partial charge in [0.2, 0.25) is 10.0 Å². The molecule has 0 aliphatic carbocycles. The zero-order valence-electron chi connectivity index (χ0n) is 11.9. The molecule has 0 bridgehead atoms. The van der Waals surface area contributed by atoms with Crippen LogP contribution in [0.25, 0.3) is 0 Å². The van der Waals surface area contributed by atoms with E-state index in [4.69, 9.17) is 14.9 Å². The molecule has 1 rings (SSSR count). The van der Waals surface area contributed by atoms with E-state index in [9.17, 15) is 13.2 Å². The number of aliphatic hydroxyl groups excluding tert-OH is 1. The normalized spacial score (nSPS) is 12.9. The summed E-state index contributed by atoms with van der Waals surface area (Å²) in [4.78, 5) is 10.8. The fraction of sp³-hybridized carbons (Fsp3) is 0.462. The minimum atomic E-state index is -3.85. The number of hydrogen-bond donors (Lipinski definition) is 3. The Bertz CT molecular complexity index is 599. The molecule has 0 aliphatic heterocycles. The number of sulfonamides is 1. The Morgan fingerprint density at radius 3 is 2.62 bits per heavy atom. The second kappa shape index (κ2) is 7.39. The minimum Gasteiger partial charge on any atom is -0.497 e. The van der Waals surface area contributed by atoms with Gasteiger partial charge in [0.25, 0.3) is 0 Å². The highest BCUT2D eigenvalue weighted by atomic mass is 32.2. The SMILES string of the molecule is COc1ccc(S(=O)(=O)NCC(C)CO)c(CC(=O)O)c1. The lowest BCUT2D eigenvalue weighted by molar-refractivity contribution is -0.136. The standard InChI is InChI=1S/C13H19NO6S/c1-9(8-15)7-14-21(18,19)12-4-3-11(20-2)5-10(12)6-13(16)17/h3-5,9,14-15H,6-8H2,1-2H3,(H,16,17). The van der Waals surface area contributed by atoms with Crippen molar-refractivity contribution in [1.29, 1.82) is 0 Å². The molecule has 0 radical (unpaired) electrons. The largest absolute Gasteiger partial charge is 0.497 e. The van der Waals surface area contributed by atoms with Gasteiger partial charge in [-0.3, -0.25) is 4.79 Å². The lowest BCUT2D eigenvalue weighted by Crippen LogP contribution is -2.30. The first-order valence-electron chi connectivity index (χ1n) is 6.29. The van der Waals surface area contributed by atoms with E-state index in [1.165, 1.54) is 25.3 Å². The van der Waals surface area contributed by atoms with E-state index >= 15 is 0 Å². The highest BCUT2D eigenvalue weighted by molar-refractivity contribution is 7.89. The summed E-state index contributed by atoms with van der Waals surface area (Å²) in [6, 6.07) is 4.15. The molecule has 1 aromatic carbocycles. The Morgan fingerprint density at radius 1 is 1.43 bits per heavy atom. The van der Waals surface area contributed by atoms with Gasteiger partial charge in [0.15, 0.2) is 0 Å². The lowest BCUT2D eigenvalue weighted by atomic mass is 10.1. The molecule has 3 N–H and O–H groups in total. The molecule has 0 spiro atoms. The van der Waals surface area contributed by atoms with Gasteiger partial charge in [-0.1, -0.05) is 6.92 Å². The molecule has 1 atom stereocenters. The number of carbonyl (C=O) groups is 1. The van der Waals surface area contributed by atoms with Crippen LogP contribution in [0.5, 0.6) is 5.75 Å². The summed E-state index contributed by atoms with van der Waals surface area (Å²) in [5.74, 6) is -0.988.